The Morgan fingerprint density at radius 1 is 1.06 bits per heavy atom. The van der Waals surface area contributed by atoms with Crippen molar-refractivity contribution in [2.75, 3.05) is 0 Å². The number of carbonyl (C=O) groups is 1. The molecule has 0 aromatic heterocycles. The highest BCUT2D eigenvalue weighted by molar-refractivity contribution is 9.11. The predicted octanol–water partition coefficient (Wildman–Crippen LogP) is 5.86. The van der Waals surface area contributed by atoms with E-state index in [0.717, 1.165) is 5.56 Å². The van der Waals surface area contributed by atoms with Crippen LogP contribution in [0.3, 0.4) is 0 Å². The second-order valence-electron chi connectivity index (χ2n) is 6.64. The summed E-state index contributed by atoms with van der Waals surface area (Å²) >= 11 is 12.4. The first-order chi connectivity index (χ1) is 15.7. The Kier molecular flexibility index (Phi) is 8.32. The zero-order valence-electron chi connectivity index (χ0n) is 16.8. The Morgan fingerprint density at radius 3 is 2.24 bits per heavy atom. The van der Waals surface area contributed by atoms with Gasteiger partial charge in [-0.25, -0.2) is 0 Å². The van der Waals surface area contributed by atoms with Crippen molar-refractivity contribution >= 4 is 65.6 Å². The first kappa shape index (κ1) is 25.0. The molecule has 3 aromatic carbocycles. The molecule has 10 heteroatoms. The Hall–Kier alpha value is -2.64. The van der Waals surface area contributed by atoms with Crippen LogP contribution < -0.4 is 9.50 Å². The lowest BCUT2D eigenvalue weighted by Gasteiger charge is -2.12. The molecule has 0 aliphatic rings. The molecule has 0 saturated heterocycles. The lowest BCUT2D eigenvalue weighted by Crippen LogP contribution is -2.23. The number of benzene rings is 3. The minimum absolute atomic E-state index is 0.0223. The van der Waals surface area contributed by atoms with E-state index in [1.165, 1.54) is 30.3 Å². The molecule has 6 nitrogen and oxygen atoms in total. The topological polar surface area (TPSA) is 96.3 Å². The molecule has 0 aliphatic heterocycles. The van der Waals surface area contributed by atoms with E-state index in [1.807, 2.05) is 36.4 Å². The van der Waals surface area contributed by atoms with Crippen LogP contribution in [0.25, 0.3) is 6.08 Å². The summed E-state index contributed by atoms with van der Waals surface area (Å²) in [6.07, 6.45) is 1.40. The van der Waals surface area contributed by atoms with Gasteiger partial charge in [-0.3, -0.25) is 4.79 Å². The molecule has 0 atom stereocenters. The molecule has 0 bridgehead atoms. The fourth-order valence-electron chi connectivity index (χ4n) is 2.69. The summed E-state index contributed by atoms with van der Waals surface area (Å²) in [5, 5.41) is 12.5. The monoisotopic (exact) mass is 608 g/mol. The molecule has 1 N–H and O–H groups in total. The molecule has 1 amide bonds. The normalized spacial score (nSPS) is 11.5. The molecule has 3 rings (SSSR count). The fraction of sp³-hybridized carbons (Fsp3) is 0.0435. The van der Waals surface area contributed by atoms with E-state index in [9.17, 15) is 18.5 Å². The highest BCUT2D eigenvalue weighted by Gasteiger charge is 2.21. The van der Waals surface area contributed by atoms with Gasteiger partial charge in [-0.05, 0) is 85.5 Å². The number of amides is 1. The molecule has 33 heavy (non-hydrogen) atoms. The van der Waals surface area contributed by atoms with Gasteiger partial charge in [0.2, 0.25) is 0 Å². The van der Waals surface area contributed by atoms with Gasteiger partial charge in [0.15, 0.2) is 5.75 Å². The van der Waals surface area contributed by atoms with E-state index in [1.54, 1.807) is 12.1 Å². The van der Waals surface area contributed by atoms with Crippen LogP contribution in [-0.2, 0) is 21.5 Å². The van der Waals surface area contributed by atoms with Crippen molar-refractivity contribution in [1.29, 1.82) is 5.26 Å². The average molecular weight is 611 g/mol. The predicted molar refractivity (Wildman–Crippen MR) is 133 cm³/mol. The van der Waals surface area contributed by atoms with Crippen molar-refractivity contribution in [2.45, 2.75) is 11.4 Å². The third-order valence-corrected chi connectivity index (χ3v) is 6.95. The highest BCUT2D eigenvalue weighted by Crippen LogP contribution is 2.37. The third-order valence-electron chi connectivity index (χ3n) is 4.29. The second kappa shape index (κ2) is 11.0. The smallest absolute Gasteiger partial charge is 0.339 e. The summed E-state index contributed by atoms with van der Waals surface area (Å²) in [6.45, 7) is 0.279. The summed E-state index contributed by atoms with van der Waals surface area (Å²) in [7, 11) is -4.11. The Bertz CT molecular complexity index is 1330. The standard InChI is InChI=1S/C23H15Br2ClN2O4S/c24-20-11-16(10-17(13-27)23(29)28-14-15-4-2-1-3-5-15)12-21(25)22(20)32-33(30,31)19-8-6-18(26)7-9-19/h1-12H,14H2,(H,28,29)/b17-10+. The number of nitrogens with one attached hydrogen (secondary N) is 1. The maximum absolute atomic E-state index is 12.6. The van der Waals surface area contributed by atoms with Crippen LogP contribution in [0.5, 0.6) is 5.75 Å². The van der Waals surface area contributed by atoms with Crippen molar-refractivity contribution in [2.24, 2.45) is 0 Å². The second-order valence-corrected chi connectivity index (χ2v) is 10.3. The Labute approximate surface area is 213 Å². The molecule has 0 saturated carbocycles. The third kappa shape index (κ3) is 6.68. The summed E-state index contributed by atoms with van der Waals surface area (Å²) in [5.74, 6) is -0.506. The molecule has 3 aromatic rings. The first-order valence-electron chi connectivity index (χ1n) is 9.32. The quantitative estimate of drug-likeness (QED) is 0.206. The molecule has 0 spiro atoms. The van der Waals surface area contributed by atoms with Gasteiger partial charge in [0.05, 0.1) is 8.95 Å². The van der Waals surface area contributed by atoms with Crippen LogP contribution >= 0.6 is 43.5 Å². The van der Waals surface area contributed by atoms with E-state index in [4.69, 9.17) is 15.8 Å². The Morgan fingerprint density at radius 2 is 1.67 bits per heavy atom. The van der Waals surface area contributed by atoms with E-state index in [2.05, 4.69) is 37.2 Å². The molecule has 168 valence electrons. The van der Waals surface area contributed by atoms with Crippen LogP contribution in [0.2, 0.25) is 5.02 Å². The minimum atomic E-state index is -4.11. The van der Waals surface area contributed by atoms with Crippen molar-refractivity contribution in [3.05, 3.63) is 97.4 Å². The SMILES string of the molecule is N#C/C(=C\c1cc(Br)c(OS(=O)(=O)c2ccc(Cl)cc2)c(Br)c1)C(=O)NCc1ccccc1. The molecule has 0 unspecified atom stereocenters. The van der Waals surface area contributed by atoms with Crippen molar-refractivity contribution in [1.82, 2.24) is 5.32 Å². The zero-order valence-corrected chi connectivity index (χ0v) is 21.5. The van der Waals surface area contributed by atoms with Gasteiger partial charge in [0.1, 0.15) is 16.5 Å². The number of hydrogen-bond acceptors (Lipinski definition) is 5. The van der Waals surface area contributed by atoms with Crippen LogP contribution in [0.1, 0.15) is 11.1 Å². The zero-order chi connectivity index (χ0) is 24.0. The number of carbonyl (C=O) groups excluding carboxylic acids is 1. The minimum Gasteiger partial charge on any atom is -0.377 e. The van der Waals surface area contributed by atoms with Crippen molar-refractivity contribution in [3.8, 4) is 11.8 Å². The van der Waals surface area contributed by atoms with Crippen molar-refractivity contribution < 1.29 is 17.4 Å². The summed E-state index contributed by atoms with van der Waals surface area (Å²) in [6, 6.07) is 19.8. The maximum Gasteiger partial charge on any atom is 0.339 e. The number of nitriles is 1. The molecule has 0 radical (unpaired) electrons. The first-order valence-corrected chi connectivity index (χ1v) is 12.7. The van der Waals surface area contributed by atoms with Crippen LogP contribution in [-0.4, -0.2) is 14.3 Å². The molecule has 0 fully saturated rings. The van der Waals surface area contributed by atoms with Gasteiger partial charge in [0, 0.05) is 11.6 Å². The summed E-state index contributed by atoms with van der Waals surface area (Å²) in [5.41, 5.74) is 1.28. The lowest BCUT2D eigenvalue weighted by molar-refractivity contribution is -0.117. The van der Waals surface area contributed by atoms with Crippen LogP contribution in [0.4, 0.5) is 0 Å². The van der Waals surface area contributed by atoms with Gasteiger partial charge >= 0.3 is 10.1 Å². The molecular formula is C23H15Br2ClN2O4S. The molecular weight excluding hydrogens is 596 g/mol. The van der Waals surface area contributed by atoms with Crippen LogP contribution in [0, 0.1) is 11.3 Å². The summed E-state index contributed by atoms with van der Waals surface area (Å²) in [4.78, 5) is 12.4. The van der Waals surface area contributed by atoms with E-state index in [-0.39, 0.29) is 22.8 Å². The van der Waals surface area contributed by atoms with Gasteiger partial charge in [-0.2, -0.15) is 13.7 Å². The number of nitrogens with zero attached hydrogens (tertiary/aromatic N) is 1. The van der Waals surface area contributed by atoms with E-state index in [0.29, 0.717) is 19.5 Å². The number of rotatable bonds is 7. The average Bonchev–Trinajstić information content (AvgIpc) is 2.79. The largest absolute Gasteiger partial charge is 0.377 e. The number of hydrogen-bond donors (Lipinski definition) is 1. The fourth-order valence-corrected chi connectivity index (χ4v) is 5.38. The van der Waals surface area contributed by atoms with E-state index >= 15 is 0 Å². The Balaban J connectivity index is 1.80. The molecule has 0 heterocycles. The summed E-state index contributed by atoms with van der Waals surface area (Å²) < 4.78 is 31.1. The lowest BCUT2D eigenvalue weighted by atomic mass is 10.1. The van der Waals surface area contributed by atoms with Gasteiger partial charge in [-0.15, -0.1) is 0 Å². The highest BCUT2D eigenvalue weighted by atomic mass is 79.9. The maximum atomic E-state index is 12.6. The van der Waals surface area contributed by atoms with Gasteiger partial charge in [0.25, 0.3) is 5.91 Å². The number of halogens is 3. The van der Waals surface area contributed by atoms with Crippen LogP contribution in [0.15, 0.2) is 86.1 Å². The van der Waals surface area contributed by atoms with Gasteiger partial charge in [-0.1, -0.05) is 41.9 Å². The van der Waals surface area contributed by atoms with Gasteiger partial charge < -0.3 is 9.50 Å². The van der Waals surface area contributed by atoms with E-state index < -0.39 is 16.0 Å². The molecule has 0 aliphatic carbocycles. The van der Waals surface area contributed by atoms with Crippen molar-refractivity contribution in [3.63, 3.8) is 0 Å².